The fourth-order valence-electron chi connectivity index (χ4n) is 3.45. The summed E-state index contributed by atoms with van der Waals surface area (Å²) >= 11 is 5.98. The van der Waals surface area contributed by atoms with Crippen LogP contribution in [0.4, 0.5) is 0 Å². The number of aliphatic hydroxyl groups excluding tert-OH is 1. The average molecular weight is 382 g/mol. The maximum atomic E-state index is 10.3. The fourth-order valence-corrected chi connectivity index (χ4v) is 3.65. The summed E-state index contributed by atoms with van der Waals surface area (Å²) in [5, 5.41) is 14.3. The summed E-state index contributed by atoms with van der Waals surface area (Å²) in [7, 11) is 1.73. The Bertz CT molecular complexity index is 679. The number of methoxy groups -OCH3 is 1. The SMILES string of the molecule is COc1cccc2c1CC(CNCC(O)c1cccc(Cl)c1)CC2.Cl. The van der Waals surface area contributed by atoms with Crippen LogP contribution in [0, 0.1) is 5.92 Å². The first-order valence-electron chi connectivity index (χ1n) is 8.46. The molecule has 0 radical (unpaired) electrons. The van der Waals surface area contributed by atoms with Gasteiger partial charge in [-0.05, 0) is 66.6 Å². The van der Waals surface area contributed by atoms with Crippen LogP contribution in [0.3, 0.4) is 0 Å². The minimum atomic E-state index is -0.533. The molecule has 0 spiro atoms. The summed E-state index contributed by atoms with van der Waals surface area (Å²) in [6.45, 7) is 1.44. The Morgan fingerprint density at radius 2 is 2.08 bits per heavy atom. The minimum absolute atomic E-state index is 0. The fraction of sp³-hybridized carbons (Fsp3) is 0.400. The Kier molecular flexibility index (Phi) is 7.57. The first-order valence-corrected chi connectivity index (χ1v) is 8.84. The number of hydrogen-bond donors (Lipinski definition) is 2. The van der Waals surface area contributed by atoms with Gasteiger partial charge in [0.15, 0.2) is 0 Å². The third-order valence-electron chi connectivity index (χ3n) is 4.77. The first kappa shape index (κ1) is 20.1. The Morgan fingerprint density at radius 3 is 2.84 bits per heavy atom. The Balaban J connectivity index is 0.00000225. The molecular weight excluding hydrogens is 357 g/mol. The van der Waals surface area contributed by atoms with Gasteiger partial charge in [-0.1, -0.05) is 35.9 Å². The van der Waals surface area contributed by atoms with Gasteiger partial charge in [-0.25, -0.2) is 0 Å². The van der Waals surface area contributed by atoms with Crippen LogP contribution in [0.2, 0.25) is 5.02 Å². The van der Waals surface area contributed by atoms with Crippen molar-refractivity contribution >= 4 is 24.0 Å². The highest BCUT2D eigenvalue weighted by Crippen LogP contribution is 2.32. The molecule has 2 aromatic rings. The Labute approximate surface area is 160 Å². The number of fused-ring (bicyclic) bond motifs is 1. The average Bonchev–Trinajstić information content (AvgIpc) is 2.61. The molecule has 0 heterocycles. The molecule has 136 valence electrons. The van der Waals surface area contributed by atoms with E-state index in [1.165, 1.54) is 17.5 Å². The lowest BCUT2D eigenvalue weighted by Crippen LogP contribution is -2.30. The van der Waals surface area contributed by atoms with Gasteiger partial charge >= 0.3 is 0 Å². The van der Waals surface area contributed by atoms with E-state index < -0.39 is 6.10 Å². The maximum absolute atomic E-state index is 10.3. The Hall–Kier alpha value is -1.26. The molecule has 2 aromatic carbocycles. The summed E-state index contributed by atoms with van der Waals surface area (Å²) in [4.78, 5) is 0. The van der Waals surface area contributed by atoms with Crippen molar-refractivity contribution in [3.05, 3.63) is 64.2 Å². The van der Waals surface area contributed by atoms with Crippen molar-refractivity contribution in [1.82, 2.24) is 5.32 Å². The minimum Gasteiger partial charge on any atom is -0.496 e. The van der Waals surface area contributed by atoms with Crippen LogP contribution in [0.15, 0.2) is 42.5 Å². The molecule has 0 amide bonds. The number of aryl methyl sites for hydroxylation is 1. The molecule has 0 saturated heterocycles. The van der Waals surface area contributed by atoms with Gasteiger partial charge in [0.05, 0.1) is 13.2 Å². The summed E-state index contributed by atoms with van der Waals surface area (Å²) in [6.07, 6.45) is 2.75. The van der Waals surface area contributed by atoms with Crippen molar-refractivity contribution < 1.29 is 9.84 Å². The predicted molar refractivity (Wildman–Crippen MR) is 105 cm³/mol. The molecule has 3 rings (SSSR count). The molecule has 1 aliphatic rings. The lowest BCUT2D eigenvalue weighted by Gasteiger charge is -2.26. The van der Waals surface area contributed by atoms with E-state index in [1.54, 1.807) is 7.11 Å². The second-order valence-electron chi connectivity index (χ2n) is 6.44. The molecule has 2 N–H and O–H groups in total. The predicted octanol–water partition coefficient (Wildman–Crippen LogP) is 4.20. The molecule has 5 heteroatoms. The first-order chi connectivity index (χ1) is 11.7. The number of hydrogen-bond acceptors (Lipinski definition) is 3. The third-order valence-corrected chi connectivity index (χ3v) is 5.00. The van der Waals surface area contributed by atoms with Gasteiger partial charge in [0.25, 0.3) is 0 Å². The number of halogens is 2. The smallest absolute Gasteiger partial charge is 0.122 e. The van der Waals surface area contributed by atoms with E-state index in [4.69, 9.17) is 16.3 Å². The van der Waals surface area contributed by atoms with Gasteiger partial charge in [0, 0.05) is 11.6 Å². The van der Waals surface area contributed by atoms with Crippen LogP contribution in [-0.4, -0.2) is 25.3 Å². The number of nitrogens with one attached hydrogen (secondary N) is 1. The molecule has 2 unspecified atom stereocenters. The molecule has 0 aliphatic heterocycles. The summed E-state index contributed by atoms with van der Waals surface area (Å²) in [6, 6.07) is 13.7. The van der Waals surface area contributed by atoms with Crippen LogP contribution >= 0.6 is 24.0 Å². The van der Waals surface area contributed by atoms with Crippen LogP contribution in [-0.2, 0) is 12.8 Å². The monoisotopic (exact) mass is 381 g/mol. The molecule has 0 fully saturated rings. The van der Waals surface area contributed by atoms with Gasteiger partial charge < -0.3 is 15.2 Å². The van der Waals surface area contributed by atoms with E-state index in [0.717, 1.165) is 30.7 Å². The number of ether oxygens (including phenoxy) is 1. The van der Waals surface area contributed by atoms with Gasteiger partial charge in [-0.3, -0.25) is 0 Å². The van der Waals surface area contributed by atoms with E-state index in [2.05, 4.69) is 17.4 Å². The molecule has 2 atom stereocenters. The van der Waals surface area contributed by atoms with Crippen molar-refractivity contribution in [2.45, 2.75) is 25.4 Å². The van der Waals surface area contributed by atoms with Crippen LogP contribution in [0.5, 0.6) is 5.75 Å². The van der Waals surface area contributed by atoms with Gasteiger partial charge in [0.2, 0.25) is 0 Å². The van der Waals surface area contributed by atoms with E-state index in [9.17, 15) is 5.11 Å². The topological polar surface area (TPSA) is 41.5 Å². The van der Waals surface area contributed by atoms with Crippen LogP contribution in [0.25, 0.3) is 0 Å². The van der Waals surface area contributed by atoms with E-state index in [-0.39, 0.29) is 12.4 Å². The summed E-state index contributed by atoms with van der Waals surface area (Å²) in [5.41, 5.74) is 3.60. The third kappa shape index (κ3) is 5.11. The van der Waals surface area contributed by atoms with E-state index >= 15 is 0 Å². The lowest BCUT2D eigenvalue weighted by molar-refractivity contribution is 0.172. The van der Waals surface area contributed by atoms with Gasteiger partial charge in [0.1, 0.15) is 5.75 Å². The van der Waals surface area contributed by atoms with Crippen molar-refractivity contribution in [2.75, 3.05) is 20.2 Å². The lowest BCUT2D eigenvalue weighted by atomic mass is 9.83. The molecule has 0 bridgehead atoms. The molecular formula is C20H25Cl2NO2. The largest absolute Gasteiger partial charge is 0.496 e. The number of aliphatic hydroxyl groups is 1. The molecule has 25 heavy (non-hydrogen) atoms. The van der Waals surface area contributed by atoms with Crippen LogP contribution < -0.4 is 10.1 Å². The maximum Gasteiger partial charge on any atom is 0.122 e. The summed E-state index contributed by atoms with van der Waals surface area (Å²) in [5.74, 6) is 1.57. The van der Waals surface area contributed by atoms with E-state index in [0.29, 0.717) is 17.5 Å². The standard InChI is InChI=1S/C20H24ClNO2.ClH/c1-24-20-7-3-4-15-9-8-14(10-18(15)20)12-22-13-19(23)16-5-2-6-17(21)11-16;/h2-7,11,14,19,22-23H,8-10,12-13H2,1H3;1H. The zero-order valence-electron chi connectivity index (χ0n) is 14.4. The van der Waals surface area contributed by atoms with Crippen molar-refractivity contribution in [3.63, 3.8) is 0 Å². The molecule has 0 saturated carbocycles. The van der Waals surface area contributed by atoms with Crippen molar-refractivity contribution in [2.24, 2.45) is 5.92 Å². The zero-order chi connectivity index (χ0) is 16.9. The van der Waals surface area contributed by atoms with Crippen LogP contribution in [0.1, 0.15) is 29.2 Å². The van der Waals surface area contributed by atoms with Gasteiger partial charge in [-0.2, -0.15) is 0 Å². The molecule has 1 aliphatic carbocycles. The highest BCUT2D eigenvalue weighted by Gasteiger charge is 2.21. The van der Waals surface area contributed by atoms with Gasteiger partial charge in [-0.15, -0.1) is 12.4 Å². The highest BCUT2D eigenvalue weighted by atomic mass is 35.5. The number of benzene rings is 2. The number of rotatable bonds is 6. The molecule has 3 nitrogen and oxygen atoms in total. The second kappa shape index (κ2) is 9.44. The summed E-state index contributed by atoms with van der Waals surface area (Å²) < 4.78 is 5.50. The normalized spacial score (nSPS) is 17.3. The molecule has 0 aromatic heterocycles. The second-order valence-corrected chi connectivity index (χ2v) is 6.87. The zero-order valence-corrected chi connectivity index (χ0v) is 15.9. The quantitative estimate of drug-likeness (QED) is 0.787. The van der Waals surface area contributed by atoms with E-state index in [1.807, 2.05) is 30.3 Å². The van der Waals surface area contributed by atoms with Crippen molar-refractivity contribution in [3.8, 4) is 5.75 Å². The van der Waals surface area contributed by atoms with Crippen molar-refractivity contribution in [1.29, 1.82) is 0 Å². The highest BCUT2D eigenvalue weighted by molar-refractivity contribution is 6.30. The Morgan fingerprint density at radius 1 is 1.28 bits per heavy atom.